The number of piperidine rings is 1. The molecule has 1 aliphatic rings. The standard InChI is InChI=1S/C25H22Cl2N2O2/c26-21-8-5-16(13-22(21)27)15-29-11-9-17(10-12-29)25(30)28-18-6-7-20-19-3-1-2-4-23(19)31-24(20)14-18/h1-8,13-14,17H,9-12,15H2,(H,28,30). The van der Waals surface area contributed by atoms with Crippen LogP contribution < -0.4 is 5.32 Å². The van der Waals surface area contributed by atoms with Crippen molar-refractivity contribution in [3.8, 4) is 0 Å². The summed E-state index contributed by atoms with van der Waals surface area (Å²) in [5.74, 6) is 0.0843. The van der Waals surface area contributed by atoms with Crippen molar-refractivity contribution in [3.05, 3.63) is 76.3 Å². The van der Waals surface area contributed by atoms with Crippen molar-refractivity contribution in [2.45, 2.75) is 19.4 Å². The predicted octanol–water partition coefficient (Wildman–Crippen LogP) is 6.74. The summed E-state index contributed by atoms with van der Waals surface area (Å²) in [7, 11) is 0. The lowest BCUT2D eigenvalue weighted by molar-refractivity contribution is -0.121. The number of carbonyl (C=O) groups is 1. The van der Waals surface area contributed by atoms with Crippen molar-refractivity contribution in [1.29, 1.82) is 0 Å². The molecule has 2 heterocycles. The van der Waals surface area contributed by atoms with Crippen LogP contribution in [0.25, 0.3) is 21.9 Å². The van der Waals surface area contributed by atoms with Crippen LogP contribution in [-0.4, -0.2) is 23.9 Å². The average Bonchev–Trinajstić information content (AvgIpc) is 3.14. The van der Waals surface area contributed by atoms with Crippen LogP contribution in [-0.2, 0) is 11.3 Å². The number of anilines is 1. The number of hydrogen-bond donors (Lipinski definition) is 1. The van der Waals surface area contributed by atoms with E-state index in [9.17, 15) is 4.79 Å². The fourth-order valence-electron chi connectivity index (χ4n) is 4.30. The Hall–Kier alpha value is -2.53. The highest BCUT2D eigenvalue weighted by Gasteiger charge is 2.25. The number of nitrogens with zero attached hydrogens (tertiary/aromatic N) is 1. The number of nitrogens with one attached hydrogen (secondary N) is 1. The molecule has 0 saturated carbocycles. The Kier molecular flexibility index (Phi) is 5.61. The second-order valence-corrected chi connectivity index (χ2v) is 8.91. The van der Waals surface area contributed by atoms with Gasteiger partial charge in [-0.05, 0) is 61.8 Å². The molecule has 3 aromatic carbocycles. The van der Waals surface area contributed by atoms with Crippen LogP contribution in [0.4, 0.5) is 5.69 Å². The summed E-state index contributed by atoms with van der Waals surface area (Å²) in [5, 5.41) is 6.37. The SMILES string of the molecule is O=C(Nc1ccc2c(c1)oc1ccccc12)C1CCN(Cc2ccc(Cl)c(Cl)c2)CC1. The molecule has 0 spiro atoms. The van der Waals surface area contributed by atoms with Gasteiger partial charge in [0.1, 0.15) is 11.2 Å². The van der Waals surface area contributed by atoms with Crippen molar-refractivity contribution < 1.29 is 9.21 Å². The van der Waals surface area contributed by atoms with Crippen molar-refractivity contribution in [1.82, 2.24) is 4.90 Å². The van der Waals surface area contributed by atoms with Gasteiger partial charge in [0.2, 0.25) is 5.91 Å². The van der Waals surface area contributed by atoms with Gasteiger partial charge in [0.15, 0.2) is 0 Å². The molecule has 1 N–H and O–H groups in total. The summed E-state index contributed by atoms with van der Waals surface area (Å²) in [5.41, 5.74) is 3.55. The maximum Gasteiger partial charge on any atom is 0.227 e. The van der Waals surface area contributed by atoms with E-state index in [1.165, 1.54) is 0 Å². The van der Waals surface area contributed by atoms with Crippen LogP contribution in [0.5, 0.6) is 0 Å². The maximum atomic E-state index is 12.8. The first kappa shape index (κ1) is 20.4. The smallest absolute Gasteiger partial charge is 0.227 e. The molecule has 5 rings (SSSR count). The van der Waals surface area contributed by atoms with E-state index in [1.807, 2.05) is 60.7 Å². The molecule has 0 atom stereocenters. The molecule has 1 aliphatic heterocycles. The lowest BCUT2D eigenvalue weighted by Crippen LogP contribution is -2.37. The highest BCUT2D eigenvalue weighted by atomic mass is 35.5. The van der Waals surface area contributed by atoms with E-state index in [1.54, 1.807) is 0 Å². The number of halogens is 2. The minimum atomic E-state index is 0.0106. The molecule has 1 saturated heterocycles. The Balaban J connectivity index is 1.20. The van der Waals surface area contributed by atoms with Crippen molar-refractivity contribution >= 4 is 56.7 Å². The zero-order valence-corrected chi connectivity index (χ0v) is 18.4. The number of furan rings is 1. The number of carbonyl (C=O) groups excluding carboxylic acids is 1. The fraction of sp³-hybridized carbons (Fsp3) is 0.240. The third kappa shape index (κ3) is 4.29. The van der Waals surface area contributed by atoms with E-state index in [4.69, 9.17) is 27.6 Å². The fourth-order valence-corrected chi connectivity index (χ4v) is 4.62. The zero-order chi connectivity index (χ0) is 21.4. The molecule has 0 bridgehead atoms. The Morgan fingerprint density at radius 2 is 1.71 bits per heavy atom. The number of para-hydroxylation sites is 1. The molecule has 31 heavy (non-hydrogen) atoms. The molecule has 4 nitrogen and oxygen atoms in total. The molecule has 0 unspecified atom stereocenters. The molecule has 1 fully saturated rings. The van der Waals surface area contributed by atoms with E-state index in [0.29, 0.717) is 10.0 Å². The van der Waals surface area contributed by atoms with Crippen LogP contribution in [0.3, 0.4) is 0 Å². The minimum Gasteiger partial charge on any atom is -0.456 e. The van der Waals surface area contributed by atoms with Gasteiger partial charge in [-0.15, -0.1) is 0 Å². The molecular weight excluding hydrogens is 431 g/mol. The minimum absolute atomic E-state index is 0.0106. The van der Waals surface area contributed by atoms with Gasteiger partial charge in [-0.25, -0.2) is 0 Å². The molecule has 6 heteroatoms. The molecule has 0 radical (unpaired) electrons. The number of rotatable bonds is 4. The maximum absolute atomic E-state index is 12.8. The number of hydrogen-bond acceptors (Lipinski definition) is 3. The Morgan fingerprint density at radius 3 is 2.52 bits per heavy atom. The van der Waals surface area contributed by atoms with Gasteiger partial charge in [-0.2, -0.15) is 0 Å². The quantitative estimate of drug-likeness (QED) is 0.372. The van der Waals surface area contributed by atoms with Crippen molar-refractivity contribution in [2.75, 3.05) is 18.4 Å². The first-order valence-electron chi connectivity index (χ1n) is 10.5. The average molecular weight is 453 g/mol. The number of fused-ring (bicyclic) bond motifs is 3. The van der Waals surface area contributed by atoms with Crippen molar-refractivity contribution in [2.24, 2.45) is 5.92 Å². The second-order valence-electron chi connectivity index (χ2n) is 8.10. The summed E-state index contributed by atoms with van der Waals surface area (Å²) in [6.45, 7) is 2.57. The molecular formula is C25H22Cl2N2O2. The number of amides is 1. The first-order valence-corrected chi connectivity index (χ1v) is 11.2. The van der Waals surface area contributed by atoms with Gasteiger partial charge in [0.05, 0.1) is 10.0 Å². The van der Waals surface area contributed by atoms with E-state index in [-0.39, 0.29) is 11.8 Å². The van der Waals surface area contributed by atoms with Crippen LogP contribution in [0, 0.1) is 5.92 Å². The Bertz CT molecular complexity index is 1260. The lowest BCUT2D eigenvalue weighted by Gasteiger charge is -2.31. The normalized spacial score (nSPS) is 15.5. The summed E-state index contributed by atoms with van der Waals surface area (Å²) in [4.78, 5) is 15.2. The summed E-state index contributed by atoms with van der Waals surface area (Å²) in [6.07, 6.45) is 1.67. The number of likely N-dealkylation sites (tertiary alicyclic amines) is 1. The van der Waals surface area contributed by atoms with Gasteiger partial charge in [0.25, 0.3) is 0 Å². The highest BCUT2D eigenvalue weighted by molar-refractivity contribution is 6.42. The van der Waals surface area contributed by atoms with Gasteiger partial charge < -0.3 is 9.73 Å². The van der Waals surface area contributed by atoms with E-state index in [0.717, 1.165) is 65.7 Å². The Morgan fingerprint density at radius 1 is 0.935 bits per heavy atom. The highest BCUT2D eigenvalue weighted by Crippen LogP contribution is 2.31. The summed E-state index contributed by atoms with van der Waals surface area (Å²) in [6, 6.07) is 19.6. The predicted molar refractivity (Wildman–Crippen MR) is 127 cm³/mol. The van der Waals surface area contributed by atoms with Crippen LogP contribution in [0.2, 0.25) is 10.0 Å². The third-order valence-electron chi connectivity index (χ3n) is 5.99. The van der Waals surface area contributed by atoms with Crippen LogP contribution in [0.1, 0.15) is 18.4 Å². The van der Waals surface area contributed by atoms with E-state index < -0.39 is 0 Å². The molecule has 4 aromatic rings. The van der Waals surface area contributed by atoms with Gasteiger partial charge in [0, 0.05) is 35.0 Å². The van der Waals surface area contributed by atoms with E-state index >= 15 is 0 Å². The van der Waals surface area contributed by atoms with Crippen LogP contribution >= 0.6 is 23.2 Å². The largest absolute Gasteiger partial charge is 0.456 e. The first-order chi connectivity index (χ1) is 15.1. The molecule has 158 valence electrons. The van der Waals surface area contributed by atoms with Gasteiger partial charge in [-0.1, -0.05) is 47.5 Å². The van der Waals surface area contributed by atoms with Gasteiger partial charge in [-0.3, -0.25) is 9.69 Å². The summed E-state index contributed by atoms with van der Waals surface area (Å²) >= 11 is 12.1. The summed E-state index contributed by atoms with van der Waals surface area (Å²) < 4.78 is 5.93. The lowest BCUT2D eigenvalue weighted by atomic mass is 9.95. The van der Waals surface area contributed by atoms with E-state index in [2.05, 4.69) is 10.2 Å². The monoisotopic (exact) mass is 452 g/mol. The number of benzene rings is 3. The van der Waals surface area contributed by atoms with Crippen LogP contribution in [0.15, 0.2) is 65.1 Å². The van der Waals surface area contributed by atoms with Gasteiger partial charge >= 0.3 is 0 Å². The topological polar surface area (TPSA) is 45.5 Å². The molecule has 0 aliphatic carbocycles. The molecule has 1 aromatic heterocycles. The second kappa shape index (κ2) is 8.54. The Labute approximate surface area is 190 Å². The third-order valence-corrected chi connectivity index (χ3v) is 6.73. The molecule has 1 amide bonds. The zero-order valence-electron chi connectivity index (χ0n) is 16.9. The van der Waals surface area contributed by atoms with Crippen molar-refractivity contribution in [3.63, 3.8) is 0 Å².